The van der Waals surface area contributed by atoms with Crippen LogP contribution in [0.1, 0.15) is 5.56 Å². The number of benzene rings is 2. The third-order valence-corrected chi connectivity index (χ3v) is 5.50. The molecule has 0 atom stereocenters. The SMILES string of the molecule is Cc1ccc(NC(=O)Cn2cnc3c(-c4ccccc4)nsc3c2=O)cc1Cl. The van der Waals surface area contributed by atoms with Gasteiger partial charge in [0, 0.05) is 16.3 Å². The summed E-state index contributed by atoms with van der Waals surface area (Å²) in [5.41, 5.74) is 3.32. The predicted octanol–water partition coefficient (Wildman–Crippen LogP) is 4.12. The molecule has 0 saturated carbocycles. The maximum atomic E-state index is 12.8. The molecule has 0 fully saturated rings. The molecule has 0 aliphatic rings. The molecule has 0 aliphatic heterocycles. The van der Waals surface area contributed by atoms with Gasteiger partial charge in [0.1, 0.15) is 22.5 Å². The largest absolute Gasteiger partial charge is 0.324 e. The molecular weight excluding hydrogens is 396 g/mol. The number of anilines is 1. The second-order valence-corrected chi connectivity index (χ2v) is 7.45. The van der Waals surface area contributed by atoms with Gasteiger partial charge in [-0.1, -0.05) is 48.0 Å². The second kappa shape index (κ2) is 7.53. The van der Waals surface area contributed by atoms with Gasteiger partial charge in [-0.2, -0.15) is 4.37 Å². The van der Waals surface area contributed by atoms with E-state index in [4.69, 9.17) is 11.6 Å². The average Bonchev–Trinajstić information content (AvgIpc) is 3.12. The summed E-state index contributed by atoms with van der Waals surface area (Å²) in [5.74, 6) is -0.337. The average molecular weight is 411 g/mol. The Bertz CT molecular complexity index is 1230. The number of halogens is 1. The lowest BCUT2D eigenvalue weighted by Gasteiger charge is -2.08. The Morgan fingerprint density at radius 3 is 2.75 bits per heavy atom. The van der Waals surface area contributed by atoms with Gasteiger partial charge in [0.25, 0.3) is 5.56 Å². The van der Waals surface area contributed by atoms with E-state index in [2.05, 4.69) is 14.7 Å². The quantitative estimate of drug-likeness (QED) is 0.549. The first-order valence-electron chi connectivity index (χ1n) is 8.49. The predicted molar refractivity (Wildman–Crippen MR) is 112 cm³/mol. The maximum Gasteiger partial charge on any atom is 0.273 e. The van der Waals surface area contributed by atoms with Crippen molar-refractivity contribution in [3.8, 4) is 11.3 Å². The van der Waals surface area contributed by atoms with Crippen LogP contribution in [-0.2, 0) is 11.3 Å². The molecule has 8 heteroatoms. The Hall–Kier alpha value is -3.03. The number of carbonyl (C=O) groups is 1. The molecular formula is C20H15ClN4O2S. The number of carbonyl (C=O) groups excluding carboxylic acids is 1. The molecule has 0 unspecified atom stereocenters. The summed E-state index contributed by atoms with van der Waals surface area (Å²) in [6, 6.07) is 14.8. The minimum atomic E-state index is -0.337. The highest BCUT2D eigenvalue weighted by molar-refractivity contribution is 7.13. The van der Waals surface area contributed by atoms with E-state index in [1.165, 1.54) is 10.9 Å². The molecule has 1 N–H and O–H groups in total. The fourth-order valence-corrected chi connectivity index (χ4v) is 3.77. The van der Waals surface area contributed by atoms with Gasteiger partial charge in [0.2, 0.25) is 5.91 Å². The number of aromatic nitrogens is 3. The van der Waals surface area contributed by atoms with Crippen molar-refractivity contribution in [2.24, 2.45) is 0 Å². The Morgan fingerprint density at radius 2 is 2.00 bits per heavy atom. The minimum Gasteiger partial charge on any atom is -0.324 e. The summed E-state index contributed by atoms with van der Waals surface area (Å²) in [6.07, 6.45) is 1.38. The number of amides is 1. The summed E-state index contributed by atoms with van der Waals surface area (Å²) in [6.45, 7) is 1.74. The zero-order valence-electron chi connectivity index (χ0n) is 14.8. The van der Waals surface area contributed by atoms with E-state index in [1.807, 2.05) is 43.3 Å². The number of hydrogen-bond donors (Lipinski definition) is 1. The van der Waals surface area contributed by atoms with Crippen molar-refractivity contribution < 1.29 is 4.79 Å². The van der Waals surface area contributed by atoms with Crippen LogP contribution in [0.5, 0.6) is 0 Å². The van der Waals surface area contributed by atoms with Crippen LogP contribution in [0.2, 0.25) is 5.02 Å². The zero-order valence-corrected chi connectivity index (χ0v) is 16.4. The minimum absolute atomic E-state index is 0.147. The third-order valence-electron chi connectivity index (χ3n) is 4.27. The molecule has 0 spiro atoms. The van der Waals surface area contributed by atoms with Crippen LogP contribution in [0.3, 0.4) is 0 Å². The van der Waals surface area contributed by atoms with Crippen molar-refractivity contribution in [3.05, 3.63) is 75.8 Å². The van der Waals surface area contributed by atoms with Crippen molar-refractivity contribution in [1.29, 1.82) is 0 Å². The highest BCUT2D eigenvalue weighted by atomic mass is 35.5. The fourth-order valence-electron chi connectivity index (χ4n) is 2.78. The molecule has 4 aromatic rings. The van der Waals surface area contributed by atoms with Crippen molar-refractivity contribution in [2.75, 3.05) is 5.32 Å². The lowest BCUT2D eigenvalue weighted by Crippen LogP contribution is -2.27. The Balaban J connectivity index is 1.59. The summed E-state index contributed by atoms with van der Waals surface area (Å²) >= 11 is 7.17. The summed E-state index contributed by atoms with van der Waals surface area (Å²) in [5, 5.41) is 3.31. The number of rotatable bonds is 4. The fraction of sp³-hybridized carbons (Fsp3) is 0.100. The van der Waals surface area contributed by atoms with Crippen LogP contribution in [0.15, 0.2) is 59.7 Å². The van der Waals surface area contributed by atoms with E-state index in [9.17, 15) is 9.59 Å². The van der Waals surface area contributed by atoms with E-state index in [1.54, 1.807) is 12.1 Å². The van der Waals surface area contributed by atoms with Gasteiger partial charge in [-0.25, -0.2) is 4.98 Å². The van der Waals surface area contributed by atoms with E-state index in [0.29, 0.717) is 26.6 Å². The van der Waals surface area contributed by atoms with Crippen LogP contribution in [0.25, 0.3) is 21.5 Å². The molecule has 0 saturated heterocycles. The second-order valence-electron chi connectivity index (χ2n) is 6.26. The van der Waals surface area contributed by atoms with E-state index >= 15 is 0 Å². The third kappa shape index (κ3) is 3.54. The number of hydrogen-bond acceptors (Lipinski definition) is 5. The van der Waals surface area contributed by atoms with Crippen LogP contribution in [0.4, 0.5) is 5.69 Å². The highest BCUT2D eigenvalue weighted by Gasteiger charge is 2.15. The molecule has 0 radical (unpaired) electrons. The molecule has 2 heterocycles. The van der Waals surface area contributed by atoms with E-state index in [-0.39, 0.29) is 18.0 Å². The van der Waals surface area contributed by atoms with Gasteiger partial charge in [-0.3, -0.25) is 14.2 Å². The molecule has 4 rings (SSSR count). The van der Waals surface area contributed by atoms with Gasteiger partial charge in [0.15, 0.2) is 0 Å². The molecule has 2 aromatic heterocycles. The molecule has 2 aromatic carbocycles. The van der Waals surface area contributed by atoms with Crippen LogP contribution >= 0.6 is 23.1 Å². The standard InChI is InChI=1S/C20H15ClN4O2S/c1-12-7-8-14(9-15(12)21)23-16(26)10-25-11-22-18-17(13-5-3-2-4-6-13)24-28-19(18)20(25)27/h2-9,11H,10H2,1H3,(H,23,26). The Morgan fingerprint density at radius 1 is 1.21 bits per heavy atom. The lowest BCUT2D eigenvalue weighted by molar-refractivity contribution is -0.116. The van der Waals surface area contributed by atoms with Crippen molar-refractivity contribution in [1.82, 2.24) is 13.9 Å². The van der Waals surface area contributed by atoms with Gasteiger partial charge in [-0.05, 0) is 36.2 Å². The number of aryl methyl sites for hydroxylation is 1. The van der Waals surface area contributed by atoms with Crippen molar-refractivity contribution in [3.63, 3.8) is 0 Å². The van der Waals surface area contributed by atoms with E-state index in [0.717, 1.165) is 22.7 Å². The van der Waals surface area contributed by atoms with Gasteiger partial charge >= 0.3 is 0 Å². The van der Waals surface area contributed by atoms with E-state index < -0.39 is 0 Å². The highest BCUT2D eigenvalue weighted by Crippen LogP contribution is 2.27. The summed E-state index contributed by atoms with van der Waals surface area (Å²) < 4.78 is 6.08. The Kier molecular flexibility index (Phi) is 4.93. The monoisotopic (exact) mass is 410 g/mol. The first-order valence-corrected chi connectivity index (χ1v) is 9.64. The van der Waals surface area contributed by atoms with Gasteiger partial charge in [-0.15, -0.1) is 0 Å². The van der Waals surface area contributed by atoms with Gasteiger partial charge < -0.3 is 5.32 Å². The van der Waals surface area contributed by atoms with Crippen molar-refractivity contribution >= 4 is 44.9 Å². The number of nitrogens with zero attached hydrogens (tertiary/aromatic N) is 3. The molecule has 0 aliphatic carbocycles. The zero-order chi connectivity index (χ0) is 19.7. The number of fused-ring (bicyclic) bond motifs is 1. The molecule has 0 bridgehead atoms. The maximum absolute atomic E-state index is 12.8. The van der Waals surface area contributed by atoms with Crippen LogP contribution < -0.4 is 10.9 Å². The molecule has 6 nitrogen and oxygen atoms in total. The first kappa shape index (κ1) is 18.3. The van der Waals surface area contributed by atoms with Crippen molar-refractivity contribution in [2.45, 2.75) is 13.5 Å². The molecule has 140 valence electrons. The van der Waals surface area contributed by atoms with Crippen LogP contribution in [-0.4, -0.2) is 19.8 Å². The first-order chi connectivity index (χ1) is 13.5. The summed E-state index contributed by atoms with van der Waals surface area (Å²) in [7, 11) is 0. The molecule has 1 amide bonds. The number of nitrogens with one attached hydrogen (secondary N) is 1. The summed E-state index contributed by atoms with van der Waals surface area (Å²) in [4.78, 5) is 29.5. The topological polar surface area (TPSA) is 76.9 Å². The normalized spacial score (nSPS) is 10.9. The molecule has 28 heavy (non-hydrogen) atoms. The van der Waals surface area contributed by atoms with Crippen LogP contribution in [0, 0.1) is 6.92 Å². The van der Waals surface area contributed by atoms with Gasteiger partial charge in [0.05, 0.1) is 6.33 Å². The smallest absolute Gasteiger partial charge is 0.273 e. The lowest BCUT2D eigenvalue weighted by atomic mass is 10.1. The Labute approximate surface area is 169 Å².